The molecular formula is C11H15NO3S. The molecule has 1 unspecified atom stereocenters. The zero-order valence-corrected chi connectivity index (χ0v) is 9.98. The molecule has 0 bridgehead atoms. The van der Waals surface area contributed by atoms with Crippen LogP contribution in [0.4, 0.5) is 0 Å². The van der Waals surface area contributed by atoms with Crippen LogP contribution in [0.5, 0.6) is 0 Å². The fraction of sp³-hybridized carbons (Fsp3) is 0.364. The van der Waals surface area contributed by atoms with Gasteiger partial charge in [0.1, 0.15) is 5.25 Å². The van der Waals surface area contributed by atoms with Crippen molar-refractivity contribution < 1.29 is 13.2 Å². The normalized spacial score (nSPS) is 19.4. The molecular weight excluding hydrogens is 226 g/mol. The van der Waals surface area contributed by atoms with E-state index in [1.54, 1.807) is 24.3 Å². The Balaban J connectivity index is 2.98. The molecule has 0 aromatic heterocycles. The zero-order chi connectivity index (χ0) is 12.2. The first kappa shape index (κ1) is 12.7. The van der Waals surface area contributed by atoms with Crippen molar-refractivity contribution >= 4 is 15.9 Å². The molecule has 0 N–H and O–H groups in total. The summed E-state index contributed by atoms with van der Waals surface area (Å²) in [6.07, 6.45) is 8.64. The van der Waals surface area contributed by atoms with E-state index in [1.807, 2.05) is 0 Å². The molecule has 0 radical (unpaired) electrons. The summed E-state index contributed by atoms with van der Waals surface area (Å²) >= 11 is 0. The van der Waals surface area contributed by atoms with Crippen LogP contribution in [-0.2, 0) is 14.8 Å². The number of hydrogen-bond acceptors (Lipinski definition) is 3. The van der Waals surface area contributed by atoms with Crippen LogP contribution in [0.3, 0.4) is 0 Å². The van der Waals surface area contributed by atoms with Crippen molar-refractivity contribution in [1.29, 1.82) is 0 Å². The Hall–Kier alpha value is -1.36. The van der Waals surface area contributed by atoms with E-state index in [4.69, 9.17) is 0 Å². The number of carbonyl (C=O) groups excluding carboxylic acids is 1. The topological polar surface area (TPSA) is 54.5 Å². The van der Waals surface area contributed by atoms with Crippen molar-refractivity contribution in [2.24, 2.45) is 0 Å². The van der Waals surface area contributed by atoms with E-state index >= 15 is 0 Å². The average molecular weight is 241 g/mol. The minimum atomic E-state index is -3.61. The van der Waals surface area contributed by atoms with E-state index in [0.717, 1.165) is 4.31 Å². The van der Waals surface area contributed by atoms with Crippen molar-refractivity contribution in [1.82, 2.24) is 4.31 Å². The third-order valence-corrected chi connectivity index (χ3v) is 4.41. The molecule has 1 aliphatic rings. The number of nitrogens with zero attached hydrogens (tertiary/aromatic N) is 1. The maximum Gasteiger partial charge on any atom is 0.244 e. The Morgan fingerprint density at radius 1 is 1.56 bits per heavy atom. The van der Waals surface area contributed by atoms with E-state index in [-0.39, 0.29) is 6.54 Å². The Bertz CT molecular complexity index is 434. The molecule has 0 fully saturated rings. The lowest BCUT2D eigenvalue weighted by molar-refractivity contribution is -0.123. The van der Waals surface area contributed by atoms with Crippen molar-refractivity contribution in [3.8, 4) is 0 Å². The van der Waals surface area contributed by atoms with Gasteiger partial charge in [0.15, 0.2) is 0 Å². The summed E-state index contributed by atoms with van der Waals surface area (Å²) in [6.45, 7) is 4.71. The minimum absolute atomic E-state index is 0.0196. The fourth-order valence-electron chi connectivity index (χ4n) is 1.47. The van der Waals surface area contributed by atoms with Crippen LogP contribution in [-0.4, -0.2) is 30.4 Å². The van der Waals surface area contributed by atoms with Crippen molar-refractivity contribution in [3.05, 3.63) is 37.0 Å². The molecule has 0 saturated carbocycles. The van der Waals surface area contributed by atoms with Crippen LogP contribution in [0.2, 0.25) is 0 Å². The third-order valence-electron chi connectivity index (χ3n) is 2.28. The van der Waals surface area contributed by atoms with Gasteiger partial charge in [-0.3, -0.25) is 4.79 Å². The van der Waals surface area contributed by atoms with Gasteiger partial charge in [0.2, 0.25) is 15.9 Å². The van der Waals surface area contributed by atoms with Gasteiger partial charge in [-0.05, 0) is 6.42 Å². The molecule has 16 heavy (non-hydrogen) atoms. The third kappa shape index (κ3) is 2.61. The number of hydrogen-bond donors (Lipinski definition) is 0. The van der Waals surface area contributed by atoms with E-state index in [9.17, 15) is 13.2 Å². The number of allylic oxidation sites excluding steroid dienone is 3. The van der Waals surface area contributed by atoms with Crippen molar-refractivity contribution in [3.63, 3.8) is 0 Å². The molecule has 0 aliphatic heterocycles. The number of carbonyl (C=O) groups is 1. The summed E-state index contributed by atoms with van der Waals surface area (Å²) in [7, 11) is -3.61. The quantitative estimate of drug-likeness (QED) is 0.696. The largest absolute Gasteiger partial charge is 0.274 e. The SMILES string of the molecule is C=CCN(C(C)=O)S(=O)(=O)C1C=CC=CC1. The average Bonchev–Trinajstić information content (AvgIpc) is 2.26. The molecule has 5 heteroatoms. The molecule has 0 aromatic rings. The van der Waals surface area contributed by atoms with Gasteiger partial charge in [0.25, 0.3) is 0 Å². The van der Waals surface area contributed by atoms with Crippen LogP contribution in [0.1, 0.15) is 13.3 Å². The lowest BCUT2D eigenvalue weighted by atomic mass is 10.2. The second-order valence-electron chi connectivity index (χ2n) is 3.47. The number of amides is 1. The van der Waals surface area contributed by atoms with Gasteiger partial charge in [0.05, 0.1) is 6.54 Å². The summed E-state index contributed by atoms with van der Waals surface area (Å²) in [5.74, 6) is -0.483. The van der Waals surface area contributed by atoms with Crippen molar-refractivity contribution in [2.75, 3.05) is 6.54 Å². The van der Waals surface area contributed by atoms with Crippen LogP contribution < -0.4 is 0 Å². The summed E-state index contributed by atoms with van der Waals surface area (Å²) in [5.41, 5.74) is 0. The Morgan fingerprint density at radius 2 is 2.25 bits per heavy atom. The summed E-state index contributed by atoms with van der Waals surface area (Å²) in [4.78, 5) is 11.3. The second kappa shape index (κ2) is 5.12. The van der Waals surface area contributed by atoms with E-state index < -0.39 is 21.2 Å². The van der Waals surface area contributed by atoms with Gasteiger partial charge in [-0.15, -0.1) is 6.58 Å². The van der Waals surface area contributed by atoms with Gasteiger partial charge >= 0.3 is 0 Å². The highest BCUT2D eigenvalue weighted by Gasteiger charge is 2.31. The predicted molar refractivity (Wildman–Crippen MR) is 63.2 cm³/mol. The van der Waals surface area contributed by atoms with Crippen LogP contribution in [0.25, 0.3) is 0 Å². The van der Waals surface area contributed by atoms with E-state index in [1.165, 1.54) is 13.0 Å². The standard InChI is InChI=1S/C11H15NO3S/c1-3-9-12(10(2)13)16(14,15)11-7-5-4-6-8-11/h3-7,11H,1,8-9H2,2H3. The van der Waals surface area contributed by atoms with Crippen LogP contribution in [0, 0.1) is 0 Å². The highest BCUT2D eigenvalue weighted by molar-refractivity contribution is 7.90. The monoisotopic (exact) mass is 241 g/mol. The molecule has 4 nitrogen and oxygen atoms in total. The number of sulfonamides is 1. The van der Waals surface area contributed by atoms with Gasteiger partial charge in [-0.1, -0.05) is 30.4 Å². The molecule has 0 spiro atoms. The Morgan fingerprint density at radius 3 is 2.69 bits per heavy atom. The predicted octanol–water partition coefficient (Wildman–Crippen LogP) is 1.24. The molecule has 1 amide bonds. The maximum atomic E-state index is 12.1. The molecule has 0 heterocycles. The van der Waals surface area contributed by atoms with Gasteiger partial charge < -0.3 is 0 Å². The first-order valence-electron chi connectivity index (χ1n) is 4.96. The summed E-state index contributed by atoms with van der Waals surface area (Å²) < 4.78 is 25.0. The van der Waals surface area contributed by atoms with E-state index in [0.29, 0.717) is 6.42 Å². The first-order chi connectivity index (χ1) is 7.50. The Kier molecular flexibility index (Phi) is 4.06. The second-order valence-corrected chi connectivity index (χ2v) is 5.55. The molecule has 1 atom stereocenters. The summed E-state index contributed by atoms with van der Waals surface area (Å²) in [6, 6.07) is 0. The van der Waals surface area contributed by atoms with Gasteiger partial charge in [-0.2, -0.15) is 0 Å². The highest BCUT2D eigenvalue weighted by Crippen LogP contribution is 2.17. The Labute approximate surface area is 96.0 Å². The number of rotatable bonds is 4. The lowest BCUT2D eigenvalue weighted by Crippen LogP contribution is -2.41. The fourth-order valence-corrected chi connectivity index (χ4v) is 3.11. The minimum Gasteiger partial charge on any atom is -0.274 e. The maximum absolute atomic E-state index is 12.1. The van der Waals surface area contributed by atoms with Gasteiger partial charge in [-0.25, -0.2) is 12.7 Å². The molecule has 88 valence electrons. The molecule has 1 aliphatic carbocycles. The van der Waals surface area contributed by atoms with Crippen LogP contribution in [0.15, 0.2) is 37.0 Å². The van der Waals surface area contributed by atoms with Gasteiger partial charge in [0, 0.05) is 6.92 Å². The molecule has 1 rings (SSSR count). The lowest BCUT2D eigenvalue weighted by Gasteiger charge is -2.24. The first-order valence-corrected chi connectivity index (χ1v) is 6.47. The van der Waals surface area contributed by atoms with E-state index in [2.05, 4.69) is 6.58 Å². The molecule has 0 saturated heterocycles. The zero-order valence-electron chi connectivity index (χ0n) is 9.17. The molecule has 0 aromatic carbocycles. The highest BCUT2D eigenvalue weighted by atomic mass is 32.2. The smallest absolute Gasteiger partial charge is 0.244 e. The van der Waals surface area contributed by atoms with Crippen molar-refractivity contribution in [2.45, 2.75) is 18.6 Å². The summed E-state index contributed by atoms with van der Waals surface area (Å²) in [5, 5.41) is -0.652. The van der Waals surface area contributed by atoms with Crippen LogP contribution >= 0.6 is 0 Å².